The molecule has 1 saturated heterocycles. The van der Waals surface area contributed by atoms with Gasteiger partial charge in [0.25, 0.3) is 0 Å². The van der Waals surface area contributed by atoms with Gasteiger partial charge >= 0.3 is 0 Å². The molecular weight excluding hydrogens is 212 g/mol. The molecular formula is C13H18N4. The van der Waals surface area contributed by atoms with Gasteiger partial charge in [0.15, 0.2) is 0 Å². The van der Waals surface area contributed by atoms with Crippen molar-refractivity contribution in [2.24, 2.45) is 0 Å². The van der Waals surface area contributed by atoms with E-state index in [0.717, 1.165) is 18.7 Å². The number of piperidine rings is 1. The van der Waals surface area contributed by atoms with Crippen LogP contribution in [0, 0.1) is 0 Å². The van der Waals surface area contributed by atoms with Crippen molar-refractivity contribution in [1.82, 2.24) is 15.3 Å². The molecule has 1 atom stereocenters. The average molecular weight is 230 g/mol. The number of likely N-dealkylation sites (N-methyl/N-ethyl adjacent to an activating group) is 1. The molecule has 0 saturated carbocycles. The minimum Gasteiger partial charge on any atom is -0.369 e. The Balaban J connectivity index is 1.94. The van der Waals surface area contributed by atoms with Crippen LogP contribution in [0.4, 0.5) is 5.69 Å². The van der Waals surface area contributed by atoms with Gasteiger partial charge in [-0.05, 0) is 32.0 Å². The molecule has 1 aliphatic heterocycles. The number of nitrogens with zero attached hydrogens (tertiary/aromatic N) is 2. The first-order chi connectivity index (χ1) is 8.38. The van der Waals surface area contributed by atoms with E-state index >= 15 is 0 Å². The molecule has 0 unspecified atom stereocenters. The molecule has 3 heterocycles. The van der Waals surface area contributed by atoms with Gasteiger partial charge in [-0.2, -0.15) is 0 Å². The quantitative estimate of drug-likeness (QED) is 0.826. The summed E-state index contributed by atoms with van der Waals surface area (Å²) in [6, 6.07) is 4.83. The number of anilines is 1. The normalized spacial score (nSPS) is 21.0. The molecule has 0 radical (unpaired) electrons. The Bertz CT molecular complexity index is 505. The highest BCUT2D eigenvalue weighted by atomic mass is 15.2. The molecule has 0 amide bonds. The number of hydrogen-bond donors (Lipinski definition) is 2. The van der Waals surface area contributed by atoms with E-state index in [1.807, 2.05) is 19.4 Å². The van der Waals surface area contributed by atoms with E-state index in [-0.39, 0.29) is 0 Å². The third-order valence-corrected chi connectivity index (χ3v) is 3.61. The largest absolute Gasteiger partial charge is 0.369 e. The van der Waals surface area contributed by atoms with Gasteiger partial charge in [0, 0.05) is 42.6 Å². The van der Waals surface area contributed by atoms with Crippen LogP contribution < -0.4 is 10.2 Å². The van der Waals surface area contributed by atoms with E-state index in [1.54, 1.807) is 0 Å². The first-order valence-corrected chi connectivity index (χ1v) is 6.23. The lowest BCUT2D eigenvalue weighted by atomic mass is 10.0. The highest BCUT2D eigenvalue weighted by Gasteiger charge is 2.20. The molecule has 2 aromatic rings. The van der Waals surface area contributed by atoms with Gasteiger partial charge < -0.3 is 15.2 Å². The zero-order valence-corrected chi connectivity index (χ0v) is 10.1. The summed E-state index contributed by atoms with van der Waals surface area (Å²) in [5.74, 6) is 0. The van der Waals surface area contributed by atoms with Crippen LogP contribution in [0.5, 0.6) is 0 Å². The fraction of sp³-hybridized carbons (Fsp3) is 0.462. The standard InChI is InChI=1S/C13H18N4/c1-14-10-3-2-8-17(9-10)12-5-7-16-13-11(12)4-6-15-13/h4-7,10,14H,2-3,8-9H2,1H3,(H,15,16)/t10-/m0/s1. The van der Waals surface area contributed by atoms with Crippen molar-refractivity contribution < 1.29 is 0 Å². The molecule has 4 nitrogen and oxygen atoms in total. The van der Waals surface area contributed by atoms with Crippen molar-refractivity contribution in [2.75, 3.05) is 25.0 Å². The van der Waals surface area contributed by atoms with Crippen LogP contribution in [-0.2, 0) is 0 Å². The highest BCUT2D eigenvalue weighted by Crippen LogP contribution is 2.27. The zero-order valence-electron chi connectivity index (χ0n) is 10.1. The Labute approximate surface area is 101 Å². The molecule has 0 aromatic carbocycles. The van der Waals surface area contributed by atoms with Crippen LogP contribution >= 0.6 is 0 Å². The summed E-state index contributed by atoms with van der Waals surface area (Å²) in [5, 5.41) is 4.61. The third kappa shape index (κ3) is 1.89. The predicted octanol–water partition coefficient (Wildman–Crippen LogP) is 1.75. The molecule has 3 rings (SSSR count). The SMILES string of the molecule is CN[C@H]1CCCN(c2ccnc3[nH]ccc23)C1. The zero-order chi connectivity index (χ0) is 11.7. The second-order valence-corrected chi connectivity index (χ2v) is 4.64. The van der Waals surface area contributed by atoms with Crippen LogP contribution in [0.1, 0.15) is 12.8 Å². The van der Waals surface area contributed by atoms with Gasteiger partial charge in [0.1, 0.15) is 5.65 Å². The van der Waals surface area contributed by atoms with E-state index in [1.165, 1.54) is 23.9 Å². The van der Waals surface area contributed by atoms with Crippen LogP contribution in [0.25, 0.3) is 11.0 Å². The number of aromatic amines is 1. The third-order valence-electron chi connectivity index (χ3n) is 3.61. The summed E-state index contributed by atoms with van der Waals surface area (Å²) >= 11 is 0. The van der Waals surface area contributed by atoms with E-state index < -0.39 is 0 Å². The average Bonchev–Trinajstić information content (AvgIpc) is 2.87. The van der Waals surface area contributed by atoms with Crippen LogP contribution in [0.15, 0.2) is 24.5 Å². The Morgan fingerprint density at radius 1 is 1.47 bits per heavy atom. The lowest BCUT2D eigenvalue weighted by molar-refractivity contribution is 0.450. The van der Waals surface area contributed by atoms with Gasteiger partial charge in [0.2, 0.25) is 0 Å². The van der Waals surface area contributed by atoms with Crippen molar-refractivity contribution in [1.29, 1.82) is 0 Å². The lowest BCUT2D eigenvalue weighted by Gasteiger charge is -2.34. The van der Waals surface area contributed by atoms with Crippen LogP contribution in [-0.4, -0.2) is 36.1 Å². The maximum absolute atomic E-state index is 4.34. The maximum Gasteiger partial charge on any atom is 0.139 e. The number of H-pyrrole nitrogens is 1. The number of nitrogens with one attached hydrogen (secondary N) is 2. The molecule has 4 heteroatoms. The summed E-state index contributed by atoms with van der Waals surface area (Å²) in [6.45, 7) is 2.23. The van der Waals surface area contributed by atoms with E-state index in [2.05, 4.69) is 32.3 Å². The van der Waals surface area contributed by atoms with E-state index in [9.17, 15) is 0 Å². The van der Waals surface area contributed by atoms with Crippen molar-refractivity contribution in [2.45, 2.75) is 18.9 Å². The smallest absolute Gasteiger partial charge is 0.139 e. The minimum atomic E-state index is 0.603. The molecule has 2 N–H and O–H groups in total. The Morgan fingerprint density at radius 2 is 2.41 bits per heavy atom. The van der Waals surface area contributed by atoms with Crippen LogP contribution in [0.3, 0.4) is 0 Å². The maximum atomic E-state index is 4.34. The number of fused-ring (bicyclic) bond motifs is 1. The summed E-state index contributed by atoms with van der Waals surface area (Å²) < 4.78 is 0. The first kappa shape index (κ1) is 10.6. The summed E-state index contributed by atoms with van der Waals surface area (Å²) in [7, 11) is 2.05. The molecule has 0 aliphatic carbocycles. The van der Waals surface area contributed by atoms with E-state index in [4.69, 9.17) is 0 Å². The predicted molar refractivity (Wildman–Crippen MR) is 70.4 cm³/mol. The second-order valence-electron chi connectivity index (χ2n) is 4.64. The van der Waals surface area contributed by atoms with Gasteiger partial charge in [0.05, 0.1) is 0 Å². The van der Waals surface area contributed by atoms with Crippen molar-refractivity contribution >= 4 is 16.7 Å². The van der Waals surface area contributed by atoms with Crippen molar-refractivity contribution in [3.8, 4) is 0 Å². The van der Waals surface area contributed by atoms with Gasteiger partial charge in [-0.1, -0.05) is 0 Å². The molecule has 2 aromatic heterocycles. The number of rotatable bonds is 2. The minimum absolute atomic E-state index is 0.603. The molecule has 90 valence electrons. The highest BCUT2D eigenvalue weighted by molar-refractivity contribution is 5.89. The van der Waals surface area contributed by atoms with Crippen molar-refractivity contribution in [3.05, 3.63) is 24.5 Å². The molecule has 17 heavy (non-hydrogen) atoms. The van der Waals surface area contributed by atoms with Gasteiger partial charge in [-0.3, -0.25) is 0 Å². The Morgan fingerprint density at radius 3 is 3.29 bits per heavy atom. The Hall–Kier alpha value is -1.55. The Kier molecular flexibility index (Phi) is 2.73. The number of pyridine rings is 1. The van der Waals surface area contributed by atoms with Gasteiger partial charge in [-0.15, -0.1) is 0 Å². The lowest BCUT2D eigenvalue weighted by Crippen LogP contribution is -2.44. The first-order valence-electron chi connectivity index (χ1n) is 6.23. The van der Waals surface area contributed by atoms with Gasteiger partial charge in [-0.25, -0.2) is 4.98 Å². The molecule has 0 bridgehead atoms. The number of hydrogen-bond acceptors (Lipinski definition) is 3. The fourth-order valence-electron chi connectivity index (χ4n) is 2.65. The van der Waals surface area contributed by atoms with Crippen LogP contribution in [0.2, 0.25) is 0 Å². The summed E-state index contributed by atoms with van der Waals surface area (Å²) in [5.41, 5.74) is 2.28. The number of aromatic nitrogens is 2. The van der Waals surface area contributed by atoms with E-state index in [0.29, 0.717) is 6.04 Å². The molecule has 0 spiro atoms. The summed E-state index contributed by atoms with van der Waals surface area (Å²) in [4.78, 5) is 9.97. The fourth-order valence-corrected chi connectivity index (χ4v) is 2.65. The second kappa shape index (κ2) is 4.37. The monoisotopic (exact) mass is 230 g/mol. The topological polar surface area (TPSA) is 44.0 Å². The summed E-state index contributed by atoms with van der Waals surface area (Å²) in [6.07, 6.45) is 6.37. The molecule has 1 fully saturated rings. The van der Waals surface area contributed by atoms with Crippen molar-refractivity contribution in [3.63, 3.8) is 0 Å². The molecule has 1 aliphatic rings.